The number of rotatable bonds is 7. The Bertz CT molecular complexity index is 1710. The Morgan fingerprint density at radius 3 is 2.56 bits per heavy atom. The number of ether oxygens (including phenoxy) is 1. The van der Waals surface area contributed by atoms with Crippen LogP contribution in [0.4, 0.5) is 9.18 Å². The number of imide groups is 1. The zero-order chi connectivity index (χ0) is 27.1. The second kappa shape index (κ2) is 9.32. The van der Waals surface area contributed by atoms with Crippen molar-refractivity contribution in [2.75, 3.05) is 0 Å². The molecule has 0 saturated carbocycles. The first-order valence-corrected chi connectivity index (χ1v) is 12.2. The van der Waals surface area contributed by atoms with E-state index in [9.17, 15) is 19.1 Å². The first-order chi connectivity index (χ1) is 18.8. The monoisotopic (exact) mass is 526 g/mol. The molecule has 9 nitrogen and oxygen atoms in total. The van der Waals surface area contributed by atoms with Gasteiger partial charge < -0.3 is 24.3 Å². The summed E-state index contributed by atoms with van der Waals surface area (Å²) in [5, 5.41) is 21.3. The third kappa shape index (κ3) is 4.25. The van der Waals surface area contributed by atoms with Gasteiger partial charge in [0.1, 0.15) is 29.6 Å². The molecular weight excluding hydrogens is 503 g/mol. The lowest BCUT2D eigenvalue weighted by atomic mass is 9.89. The zero-order valence-corrected chi connectivity index (χ0v) is 20.8. The summed E-state index contributed by atoms with van der Waals surface area (Å²) in [6, 6.07) is 19.5. The topological polar surface area (TPSA) is 119 Å². The lowest BCUT2D eigenvalue weighted by Gasteiger charge is -2.27. The summed E-state index contributed by atoms with van der Waals surface area (Å²) in [7, 11) is 0. The molecule has 0 spiro atoms. The van der Waals surface area contributed by atoms with Crippen LogP contribution in [0.1, 0.15) is 16.9 Å². The Morgan fingerprint density at radius 1 is 1.08 bits per heavy atom. The second-order valence-electron chi connectivity index (χ2n) is 9.37. The van der Waals surface area contributed by atoms with E-state index in [-0.39, 0.29) is 19.0 Å². The van der Waals surface area contributed by atoms with Crippen molar-refractivity contribution in [2.45, 2.75) is 25.6 Å². The van der Waals surface area contributed by atoms with Crippen LogP contribution >= 0.6 is 0 Å². The molecule has 0 radical (unpaired) electrons. The minimum absolute atomic E-state index is 0.0896. The number of benzene rings is 3. The Labute approximate surface area is 221 Å². The maximum Gasteiger partial charge on any atom is 0.322 e. The summed E-state index contributed by atoms with van der Waals surface area (Å²) < 4.78 is 26.5. The molecule has 0 bridgehead atoms. The average Bonchev–Trinajstić information content (AvgIpc) is 3.55. The summed E-state index contributed by atoms with van der Waals surface area (Å²) in [6.07, 6.45) is 1.67. The van der Waals surface area contributed by atoms with Crippen molar-refractivity contribution in [3.63, 3.8) is 0 Å². The minimum Gasteiger partial charge on any atom is -0.494 e. The number of urea groups is 1. The Balaban J connectivity index is 1.29. The van der Waals surface area contributed by atoms with Gasteiger partial charge in [0.15, 0.2) is 11.4 Å². The van der Waals surface area contributed by atoms with E-state index in [1.54, 1.807) is 24.4 Å². The predicted octanol–water partition coefficient (Wildman–Crippen LogP) is 4.76. The Morgan fingerprint density at radius 2 is 1.85 bits per heavy atom. The largest absolute Gasteiger partial charge is 0.494 e. The summed E-state index contributed by atoms with van der Waals surface area (Å²) in [6.45, 7) is 1.93. The van der Waals surface area contributed by atoms with Gasteiger partial charge in [-0.3, -0.25) is 10.1 Å². The predicted molar refractivity (Wildman–Crippen MR) is 139 cm³/mol. The van der Waals surface area contributed by atoms with Crippen molar-refractivity contribution in [1.82, 2.24) is 20.4 Å². The highest BCUT2D eigenvalue weighted by atomic mass is 19.1. The molecule has 2 aromatic heterocycles. The van der Waals surface area contributed by atoms with E-state index in [1.807, 2.05) is 37.3 Å². The highest BCUT2D eigenvalue weighted by Crippen LogP contribution is 2.35. The molecule has 10 heteroatoms. The number of aromatic nitrogens is 2. The molecule has 39 heavy (non-hydrogen) atoms. The van der Waals surface area contributed by atoms with Crippen LogP contribution in [0.3, 0.4) is 0 Å². The summed E-state index contributed by atoms with van der Waals surface area (Å²) in [5.74, 6) is 0.0472. The van der Waals surface area contributed by atoms with Crippen molar-refractivity contribution in [1.29, 1.82) is 0 Å². The number of hydrogen-bond donors (Lipinski definition) is 3. The van der Waals surface area contributed by atoms with Crippen LogP contribution in [0.5, 0.6) is 11.6 Å². The molecule has 3 aromatic carbocycles. The molecule has 5 aromatic rings. The van der Waals surface area contributed by atoms with E-state index in [0.29, 0.717) is 33.5 Å². The van der Waals surface area contributed by atoms with Gasteiger partial charge in [-0.2, -0.15) is 0 Å². The van der Waals surface area contributed by atoms with Crippen molar-refractivity contribution in [2.24, 2.45) is 0 Å². The quantitative estimate of drug-likeness (QED) is 0.263. The van der Waals surface area contributed by atoms with Gasteiger partial charge in [-0.25, -0.2) is 9.18 Å². The Kier molecular flexibility index (Phi) is 5.79. The Hall–Kier alpha value is -5.12. The van der Waals surface area contributed by atoms with Gasteiger partial charge in [0, 0.05) is 22.5 Å². The van der Waals surface area contributed by atoms with E-state index < -0.39 is 23.3 Å². The lowest BCUT2D eigenvalue weighted by Crippen LogP contribution is -2.47. The maximum atomic E-state index is 13.6. The molecule has 3 heterocycles. The highest BCUT2D eigenvalue weighted by Gasteiger charge is 2.48. The normalized spacial score (nSPS) is 16.9. The van der Waals surface area contributed by atoms with Crippen molar-refractivity contribution in [3.05, 3.63) is 102 Å². The van der Waals surface area contributed by atoms with E-state index in [1.165, 1.54) is 28.8 Å². The smallest absolute Gasteiger partial charge is 0.322 e. The number of nitrogens with one attached hydrogen (secondary N) is 2. The number of halogens is 1. The molecule has 3 N–H and O–H groups in total. The van der Waals surface area contributed by atoms with Gasteiger partial charge >= 0.3 is 6.03 Å². The molecule has 1 fully saturated rings. The van der Waals surface area contributed by atoms with Gasteiger partial charge in [0.2, 0.25) is 0 Å². The maximum absolute atomic E-state index is 13.6. The van der Waals surface area contributed by atoms with E-state index in [4.69, 9.17) is 9.26 Å². The fraction of sp³-hybridized carbons (Fsp3) is 0.138. The summed E-state index contributed by atoms with van der Waals surface area (Å²) in [5.41, 5.74) is 1.30. The van der Waals surface area contributed by atoms with Crippen LogP contribution < -0.4 is 15.4 Å². The first-order valence-electron chi connectivity index (χ1n) is 12.2. The average molecular weight is 527 g/mol. The van der Waals surface area contributed by atoms with Gasteiger partial charge in [-0.05, 0) is 42.8 Å². The summed E-state index contributed by atoms with van der Waals surface area (Å²) >= 11 is 0. The molecule has 3 amide bonds. The second-order valence-corrected chi connectivity index (χ2v) is 9.37. The van der Waals surface area contributed by atoms with Crippen LogP contribution in [0.15, 0.2) is 83.5 Å². The third-order valence-corrected chi connectivity index (χ3v) is 6.93. The van der Waals surface area contributed by atoms with Gasteiger partial charge in [-0.1, -0.05) is 47.6 Å². The number of aromatic hydroxyl groups is 1. The molecule has 196 valence electrons. The molecular formula is C29H23FN4O5. The van der Waals surface area contributed by atoms with Gasteiger partial charge in [-0.15, -0.1) is 0 Å². The molecule has 1 aliphatic rings. The SMILES string of the molecule is Cc1onc(-c2ccccc2)c1COc1ccc2c(O)n(CC3(c4ccc(F)cc4)NC(=O)NC3=O)cc2c1. The van der Waals surface area contributed by atoms with Gasteiger partial charge in [0.25, 0.3) is 5.91 Å². The van der Waals surface area contributed by atoms with Crippen LogP contribution in [-0.2, 0) is 23.5 Å². The van der Waals surface area contributed by atoms with E-state index in [2.05, 4.69) is 15.8 Å². The number of carbonyl (C=O) groups is 2. The minimum atomic E-state index is -1.53. The molecule has 0 aliphatic carbocycles. The van der Waals surface area contributed by atoms with Crippen molar-refractivity contribution < 1.29 is 28.3 Å². The van der Waals surface area contributed by atoms with Gasteiger partial charge in [0.05, 0.1) is 12.1 Å². The number of amides is 3. The number of carbonyl (C=O) groups excluding carboxylic acids is 2. The van der Waals surface area contributed by atoms with Crippen LogP contribution in [0, 0.1) is 12.7 Å². The molecule has 6 rings (SSSR count). The van der Waals surface area contributed by atoms with Crippen molar-refractivity contribution in [3.8, 4) is 22.9 Å². The fourth-order valence-corrected chi connectivity index (χ4v) is 4.87. The van der Waals surface area contributed by atoms with E-state index in [0.717, 1.165) is 11.1 Å². The molecule has 1 atom stereocenters. The fourth-order valence-electron chi connectivity index (χ4n) is 4.87. The van der Waals surface area contributed by atoms with Crippen LogP contribution in [0.2, 0.25) is 0 Å². The number of nitrogens with zero attached hydrogens (tertiary/aromatic N) is 2. The molecule has 1 aliphatic heterocycles. The third-order valence-electron chi connectivity index (χ3n) is 6.93. The molecule has 1 unspecified atom stereocenters. The van der Waals surface area contributed by atoms with Crippen molar-refractivity contribution >= 4 is 22.7 Å². The van der Waals surface area contributed by atoms with Crippen LogP contribution in [0.25, 0.3) is 22.0 Å². The lowest BCUT2D eigenvalue weighted by molar-refractivity contribution is -0.124. The van der Waals surface area contributed by atoms with Crippen LogP contribution in [-0.4, -0.2) is 26.8 Å². The molecule has 1 saturated heterocycles. The zero-order valence-electron chi connectivity index (χ0n) is 20.8. The summed E-state index contributed by atoms with van der Waals surface area (Å²) in [4.78, 5) is 25.0. The number of hydrogen-bond acceptors (Lipinski definition) is 6. The number of fused-ring (bicyclic) bond motifs is 1. The number of aryl methyl sites for hydroxylation is 1. The van der Waals surface area contributed by atoms with E-state index >= 15 is 0 Å². The highest BCUT2D eigenvalue weighted by molar-refractivity contribution is 6.07. The first kappa shape index (κ1) is 24.2. The standard InChI is InChI=1S/C29H23FN4O5/c1-17-24(25(33-39-17)18-5-3-2-4-6-18)15-38-22-11-12-23-19(13-22)14-34(26(23)35)16-29(27(36)31-28(37)32-29)20-7-9-21(30)10-8-20/h2-14,35H,15-16H2,1H3,(H2,31,32,36,37).